The molecule has 0 saturated heterocycles. The number of aryl methyl sites for hydroxylation is 2. The van der Waals surface area contributed by atoms with Gasteiger partial charge in [-0.05, 0) is 38.3 Å². The van der Waals surface area contributed by atoms with Crippen molar-refractivity contribution in [1.29, 1.82) is 0 Å². The standard InChI is InChI=1S/C15H22ClNO/c1-12-7-8-13(2)14(11-12)15(18)17(3)10-6-4-5-9-16/h7-8,11H,4-6,9-10H2,1-3H3. The molecular formula is C15H22ClNO. The second-order valence-electron chi connectivity index (χ2n) is 4.79. The number of hydrogen-bond acceptors (Lipinski definition) is 1. The first-order chi connectivity index (χ1) is 8.56. The number of carbonyl (C=O) groups is 1. The highest BCUT2D eigenvalue weighted by atomic mass is 35.5. The third-order valence-corrected chi connectivity index (χ3v) is 3.36. The van der Waals surface area contributed by atoms with Crippen molar-refractivity contribution in [2.75, 3.05) is 19.5 Å². The number of hydrogen-bond donors (Lipinski definition) is 0. The zero-order valence-corrected chi connectivity index (χ0v) is 12.3. The molecule has 18 heavy (non-hydrogen) atoms. The zero-order valence-electron chi connectivity index (χ0n) is 11.5. The Labute approximate surface area is 115 Å². The Bertz CT molecular complexity index is 403. The van der Waals surface area contributed by atoms with Crippen LogP contribution in [-0.4, -0.2) is 30.3 Å². The number of carbonyl (C=O) groups excluding carboxylic acids is 1. The van der Waals surface area contributed by atoms with Crippen LogP contribution in [0.5, 0.6) is 0 Å². The number of nitrogens with zero attached hydrogens (tertiary/aromatic N) is 1. The van der Waals surface area contributed by atoms with Crippen molar-refractivity contribution in [1.82, 2.24) is 4.90 Å². The van der Waals surface area contributed by atoms with Crippen molar-refractivity contribution in [2.24, 2.45) is 0 Å². The molecule has 0 bridgehead atoms. The maximum atomic E-state index is 12.3. The summed E-state index contributed by atoms with van der Waals surface area (Å²) in [5.74, 6) is 0.816. The molecule has 100 valence electrons. The molecule has 2 nitrogen and oxygen atoms in total. The van der Waals surface area contributed by atoms with Gasteiger partial charge in [0.15, 0.2) is 0 Å². The van der Waals surface area contributed by atoms with Gasteiger partial charge in [-0.1, -0.05) is 24.1 Å². The van der Waals surface area contributed by atoms with Crippen molar-refractivity contribution in [2.45, 2.75) is 33.1 Å². The summed E-state index contributed by atoms with van der Waals surface area (Å²) < 4.78 is 0. The molecule has 0 atom stereocenters. The fourth-order valence-corrected chi connectivity index (χ4v) is 2.08. The second kappa shape index (κ2) is 7.42. The van der Waals surface area contributed by atoms with Crippen molar-refractivity contribution in [3.8, 4) is 0 Å². The van der Waals surface area contributed by atoms with Gasteiger partial charge < -0.3 is 4.90 Å². The van der Waals surface area contributed by atoms with Crippen LogP contribution < -0.4 is 0 Å². The van der Waals surface area contributed by atoms with Crippen LogP contribution in [0.25, 0.3) is 0 Å². The minimum absolute atomic E-state index is 0.113. The van der Waals surface area contributed by atoms with E-state index < -0.39 is 0 Å². The molecule has 1 amide bonds. The summed E-state index contributed by atoms with van der Waals surface area (Å²) in [6.07, 6.45) is 3.11. The summed E-state index contributed by atoms with van der Waals surface area (Å²) in [7, 11) is 1.87. The Morgan fingerprint density at radius 2 is 1.94 bits per heavy atom. The fraction of sp³-hybridized carbons (Fsp3) is 0.533. The maximum absolute atomic E-state index is 12.3. The van der Waals surface area contributed by atoms with E-state index in [1.165, 1.54) is 0 Å². The van der Waals surface area contributed by atoms with Crippen LogP contribution >= 0.6 is 11.6 Å². The molecule has 1 aromatic carbocycles. The largest absolute Gasteiger partial charge is 0.342 e. The molecule has 0 aromatic heterocycles. The molecule has 1 rings (SSSR count). The topological polar surface area (TPSA) is 20.3 Å². The van der Waals surface area contributed by atoms with E-state index in [1.807, 2.05) is 39.1 Å². The summed E-state index contributed by atoms with van der Waals surface area (Å²) in [5, 5.41) is 0. The molecular weight excluding hydrogens is 246 g/mol. The predicted octanol–water partition coefficient (Wildman–Crippen LogP) is 3.78. The van der Waals surface area contributed by atoms with Crippen molar-refractivity contribution in [3.05, 3.63) is 34.9 Å². The Morgan fingerprint density at radius 3 is 2.61 bits per heavy atom. The highest BCUT2D eigenvalue weighted by Crippen LogP contribution is 2.13. The molecule has 1 aromatic rings. The van der Waals surface area contributed by atoms with E-state index in [9.17, 15) is 4.79 Å². The monoisotopic (exact) mass is 267 g/mol. The van der Waals surface area contributed by atoms with Gasteiger partial charge in [0, 0.05) is 25.0 Å². The molecule has 0 fully saturated rings. The highest BCUT2D eigenvalue weighted by Gasteiger charge is 2.13. The number of amides is 1. The fourth-order valence-electron chi connectivity index (χ4n) is 1.89. The van der Waals surface area contributed by atoms with E-state index in [1.54, 1.807) is 4.90 Å². The predicted molar refractivity (Wildman–Crippen MR) is 77.4 cm³/mol. The smallest absolute Gasteiger partial charge is 0.253 e. The number of rotatable bonds is 6. The van der Waals surface area contributed by atoms with Crippen molar-refractivity contribution < 1.29 is 4.79 Å². The van der Waals surface area contributed by atoms with Crippen LogP contribution in [0.15, 0.2) is 18.2 Å². The van der Waals surface area contributed by atoms with Crippen LogP contribution in [0.3, 0.4) is 0 Å². The Balaban J connectivity index is 2.60. The lowest BCUT2D eigenvalue weighted by atomic mass is 10.0. The molecule has 0 N–H and O–H groups in total. The first-order valence-electron chi connectivity index (χ1n) is 6.45. The average molecular weight is 268 g/mol. The highest BCUT2D eigenvalue weighted by molar-refractivity contribution is 6.17. The van der Waals surface area contributed by atoms with Crippen LogP contribution in [0.4, 0.5) is 0 Å². The molecule has 0 radical (unpaired) electrons. The van der Waals surface area contributed by atoms with E-state index in [0.29, 0.717) is 5.88 Å². The molecule has 0 aliphatic carbocycles. The van der Waals surface area contributed by atoms with Gasteiger partial charge in [0.25, 0.3) is 5.91 Å². The summed E-state index contributed by atoms with van der Waals surface area (Å²) in [5.41, 5.74) is 2.98. The molecule has 0 aliphatic rings. The van der Waals surface area contributed by atoms with Gasteiger partial charge in [-0.3, -0.25) is 4.79 Å². The van der Waals surface area contributed by atoms with Gasteiger partial charge in [-0.25, -0.2) is 0 Å². The second-order valence-corrected chi connectivity index (χ2v) is 5.17. The van der Waals surface area contributed by atoms with Crippen molar-refractivity contribution in [3.63, 3.8) is 0 Å². The van der Waals surface area contributed by atoms with E-state index >= 15 is 0 Å². The Hall–Kier alpha value is -1.02. The van der Waals surface area contributed by atoms with E-state index in [-0.39, 0.29) is 5.91 Å². The molecule has 0 saturated carbocycles. The Kier molecular flexibility index (Phi) is 6.20. The minimum atomic E-state index is 0.113. The third-order valence-electron chi connectivity index (χ3n) is 3.10. The van der Waals surface area contributed by atoms with Gasteiger partial charge in [0.05, 0.1) is 0 Å². The molecule has 0 aliphatic heterocycles. The first-order valence-corrected chi connectivity index (χ1v) is 6.98. The van der Waals surface area contributed by atoms with Crippen LogP contribution in [-0.2, 0) is 0 Å². The first kappa shape index (κ1) is 15.0. The van der Waals surface area contributed by atoms with E-state index in [0.717, 1.165) is 42.5 Å². The average Bonchev–Trinajstić information content (AvgIpc) is 2.36. The quantitative estimate of drug-likeness (QED) is 0.567. The Morgan fingerprint density at radius 1 is 1.22 bits per heavy atom. The maximum Gasteiger partial charge on any atom is 0.253 e. The number of halogens is 1. The third kappa shape index (κ3) is 4.34. The van der Waals surface area contributed by atoms with Gasteiger partial charge in [0.1, 0.15) is 0 Å². The van der Waals surface area contributed by atoms with Crippen LogP contribution in [0.1, 0.15) is 40.7 Å². The lowest BCUT2D eigenvalue weighted by Gasteiger charge is -2.18. The van der Waals surface area contributed by atoms with Crippen molar-refractivity contribution >= 4 is 17.5 Å². The number of benzene rings is 1. The summed E-state index contributed by atoms with van der Waals surface area (Å²) in [4.78, 5) is 14.1. The van der Waals surface area contributed by atoms with E-state index in [2.05, 4.69) is 0 Å². The van der Waals surface area contributed by atoms with Gasteiger partial charge in [0.2, 0.25) is 0 Å². The lowest BCUT2D eigenvalue weighted by molar-refractivity contribution is 0.0792. The molecule has 0 spiro atoms. The normalized spacial score (nSPS) is 10.4. The van der Waals surface area contributed by atoms with Gasteiger partial charge in [-0.15, -0.1) is 11.6 Å². The summed E-state index contributed by atoms with van der Waals surface area (Å²) in [6.45, 7) is 4.79. The molecule has 0 unspecified atom stereocenters. The number of alkyl halides is 1. The SMILES string of the molecule is Cc1ccc(C)c(C(=O)N(C)CCCCCCl)c1. The molecule has 0 heterocycles. The zero-order chi connectivity index (χ0) is 13.5. The van der Waals surface area contributed by atoms with E-state index in [4.69, 9.17) is 11.6 Å². The van der Waals surface area contributed by atoms with Gasteiger partial charge in [-0.2, -0.15) is 0 Å². The number of unbranched alkanes of at least 4 members (excludes halogenated alkanes) is 2. The lowest BCUT2D eigenvalue weighted by Crippen LogP contribution is -2.28. The summed E-state index contributed by atoms with van der Waals surface area (Å²) >= 11 is 5.63. The van der Waals surface area contributed by atoms with Crippen LogP contribution in [0.2, 0.25) is 0 Å². The minimum Gasteiger partial charge on any atom is -0.342 e. The van der Waals surface area contributed by atoms with Crippen LogP contribution in [0, 0.1) is 13.8 Å². The van der Waals surface area contributed by atoms with Gasteiger partial charge >= 0.3 is 0 Å². The molecule has 3 heteroatoms. The summed E-state index contributed by atoms with van der Waals surface area (Å²) in [6, 6.07) is 6.00.